The normalized spacial score (nSPS) is 12.3. The number of halogens is 1. The summed E-state index contributed by atoms with van der Waals surface area (Å²) < 4.78 is 20.6. The molecule has 1 aliphatic rings. The van der Waals surface area contributed by atoms with Gasteiger partial charge in [0.25, 0.3) is 5.91 Å². The summed E-state index contributed by atoms with van der Waals surface area (Å²) in [6, 6.07) is 16.7. The minimum absolute atomic E-state index is 0.136. The number of carbonyl (C=O) groups excluding carboxylic acids is 1. The number of benzene rings is 2. The molecule has 0 unspecified atom stereocenters. The average Bonchev–Trinajstić information content (AvgIpc) is 3.21. The van der Waals surface area contributed by atoms with Crippen molar-refractivity contribution in [2.75, 3.05) is 6.54 Å². The molecule has 4 rings (SSSR count). The monoisotopic (exact) mass is 406 g/mol. The molecule has 0 aliphatic carbocycles. The zero-order valence-corrected chi connectivity index (χ0v) is 17.0. The van der Waals surface area contributed by atoms with Gasteiger partial charge in [0.15, 0.2) is 0 Å². The van der Waals surface area contributed by atoms with E-state index in [4.69, 9.17) is 10.00 Å². The van der Waals surface area contributed by atoms with Crippen molar-refractivity contribution in [1.82, 2.24) is 14.7 Å². The van der Waals surface area contributed by atoms with Crippen molar-refractivity contribution in [2.24, 2.45) is 0 Å². The van der Waals surface area contributed by atoms with Gasteiger partial charge in [-0.3, -0.25) is 9.48 Å². The molecule has 0 bridgehead atoms. The van der Waals surface area contributed by atoms with Gasteiger partial charge in [-0.25, -0.2) is 4.39 Å². The van der Waals surface area contributed by atoms with E-state index >= 15 is 0 Å². The molecule has 0 spiro atoms. The van der Waals surface area contributed by atoms with Crippen LogP contribution in [0.15, 0.2) is 54.6 Å². The van der Waals surface area contributed by atoms with E-state index < -0.39 is 0 Å². The summed E-state index contributed by atoms with van der Waals surface area (Å²) in [5, 5.41) is 13.4. The first-order valence-corrected chi connectivity index (χ1v) is 9.86. The summed E-state index contributed by atoms with van der Waals surface area (Å²) in [5.74, 6) is -0.0213. The molecule has 0 atom stereocenters. The summed E-state index contributed by atoms with van der Waals surface area (Å²) in [4.78, 5) is 14.3. The lowest BCUT2D eigenvalue weighted by molar-refractivity contribution is 0.0706. The molecule has 30 heavy (non-hydrogen) atoms. The molecule has 7 heteroatoms. The van der Waals surface area contributed by atoms with Crippen molar-refractivity contribution < 1.29 is 13.9 Å². The van der Waals surface area contributed by atoms with Gasteiger partial charge in [0.2, 0.25) is 5.88 Å². The van der Waals surface area contributed by atoms with Crippen LogP contribution in [0.5, 0.6) is 5.88 Å². The van der Waals surface area contributed by atoms with E-state index in [-0.39, 0.29) is 11.7 Å². The maximum absolute atomic E-state index is 13.1. The van der Waals surface area contributed by atoms with E-state index in [1.54, 1.807) is 17.0 Å². The van der Waals surface area contributed by atoms with E-state index in [9.17, 15) is 9.18 Å². The van der Waals surface area contributed by atoms with Gasteiger partial charge in [-0.15, -0.1) is 5.10 Å². The van der Waals surface area contributed by atoms with E-state index in [0.29, 0.717) is 43.2 Å². The van der Waals surface area contributed by atoms with Gasteiger partial charge >= 0.3 is 0 Å². The van der Waals surface area contributed by atoms with Crippen molar-refractivity contribution in [3.05, 3.63) is 82.8 Å². The fraction of sp³-hybridized carbons (Fsp3) is 0.261. The Hall–Kier alpha value is -3.66. The van der Waals surface area contributed by atoms with Crippen LogP contribution >= 0.6 is 0 Å². The quantitative estimate of drug-likeness (QED) is 0.652. The van der Waals surface area contributed by atoms with Crippen molar-refractivity contribution in [3.63, 3.8) is 0 Å². The number of hydrogen-bond acceptors (Lipinski definition) is 4. The zero-order chi connectivity index (χ0) is 21.5. The lowest BCUT2D eigenvalue weighted by Crippen LogP contribution is -2.38. The zero-order valence-electron chi connectivity index (χ0n) is 17.0. The second-order valence-corrected chi connectivity index (χ2v) is 6.53. The van der Waals surface area contributed by atoms with Crippen molar-refractivity contribution in [2.45, 2.75) is 33.5 Å². The molecule has 1 aliphatic heterocycles. The smallest absolute Gasteiger partial charge is 0.254 e. The predicted molar refractivity (Wildman–Crippen MR) is 110 cm³/mol. The summed E-state index contributed by atoms with van der Waals surface area (Å²) in [6.07, 6.45) is 0. The first kappa shape index (κ1) is 21.1. The molecule has 0 N–H and O–H groups in total. The number of amides is 1. The minimum atomic E-state index is -0.365. The maximum atomic E-state index is 13.1. The molecule has 1 aromatic heterocycles. The summed E-state index contributed by atoms with van der Waals surface area (Å²) in [6.45, 7) is 5.81. The SMILES string of the molecule is CC.N#Cc1cccc(COc2cc3n(n2)CCN(C(=O)c2ccc(F)cc2)C3)c1. The van der Waals surface area contributed by atoms with Crippen molar-refractivity contribution in [1.29, 1.82) is 5.26 Å². The number of fused-ring (bicyclic) bond motifs is 1. The standard InChI is InChI=1S/C21H17FN4O2.C2H6/c22-18-6-4-17(5-7-18)21(27)25-8-9-26-19(13-25)11-20(24-26)28-14-16-3-1-2-15(10-16)12-23;1-2/h1-7,10-11H,8-9,13-14H2;1-2H3. The van der Waals surface area contributed by atoms with E-state index in [1.165, 1.54) is 24.3 Å². The Morgan fingerprint density at radius 1 is 1.17 bits per heavy atom. The molecule has 2 aromatic carbocycles. The molecule has 3 aromatic rings. The lowest BCUT2D eigenvalue weighted by atomic mass is 10.1. The third-order valence-electron chi connectivity index (χ3n) is 4.60. The van der Waals surface area contributed by atoms with Crippen LogP contribution < -0.4 is 4.74 Å². The molecule has 154 valence electrons. The van der Waals surface area contributed by atoms with Crippen LogP contribution in [0.1, 0.15) is 41.0 Å². The highest BCUT2D eigenvalue weighted by Crippen LogP contribution is 2.21. The van der Waals surface area contributed by atoms with Gasteiger partial charge in [-0.05, 0) is 42.0 Å². The Labute approximate surface area is 175 Å². The number of hydrogen-bond donors (Lipinski definition) is 0. The van der Waals surface area contributed by atoms with E-state index in [2.05, 4.69) is 11.2 Å². The highest BCUT2D eigenvalue weighted by atomic mass is 19.1. The fourth-order valence-corrected chi connectivity index (χ4v) is 3.15. The lowest BCUT2D eigenvalue weighted by Gasteiger charge is -2.27. The minimum Gasteiger partial charge on any atom is -0.472 e. The Bertz CT molecular complexity index is 1050. The molecule has 0 saturated carbocycles. The highest BCUT2D eigenvalue weighted by Gasteiger charge is 2.23. The predicted octanol–water partition coefficient (Wildman–Crippen LogP) is 4.16. The maximum Gasteiger partial charge on any atom is 0.254 e. The molecule has 6 nitrogen and oxygen atoms in total. The van der Waals surface area contributed by atoms with Gasteiger partial charge in [-0.2, -0.15) is 5.26 Å². The van der Waals surface area contributed by atoms with Gasteiger partial charge in [0.05, 0.1) is 30.4 Å². The summed E-state index contributed by atoms with van der Waals surface area (Å²) >= 11 is 0. The van der Waals surface area contributed by atoms with Crippen LogP contribution in [-0.2, 0) is 19.7 Å². The molecule has 2 heterocycles. The first-order chi connectivity index (χ1) is 14.6. The summed E-state index contributed by atoms with van der Waals surface area (Å²) in [7, 11) is 0. The molecule has 1 amide bonds. The number of carbonyl (C=O) groups is 1. The summed E-state index contributed by atoms with van der Waals surface area (Å²) in [5.41, 5.74) is 2.81. The molecule has 0 radical (unpaired) electrons. The number of nitriles is 1. The van der Waals surface area contributed by atoms with Gasteiger partial charge in [-0.1, -0.05) is 26.0 Å². The second kappa shape index (κ2) is 9.70. The number of rotatable bonds is 4. The van der Waals surface area contributed by atoms with Crippen molar-refractivity contribution in [3.8, 4) is 11.9 Å². The molecule has 0 saturated heterocycles. The third-order valence-corrected chi connectivity index (χ3v) is 4.60. The van der Waals surface area contributed by atoms with Gasteiger partial charge < -0.3 is 9.64 Å². The van der Waals surface area contributed by atoms with Crippen LogP contribution in [0.2, 0.25) is 0 Å². The Morgan fingerprint density at radius 2 is 1.93 bits per heavy atom. The number of aromatic nitrogens is 2. The Balaban J connectivity index is 0.00000124. The average molecular weight is 406 g/mol. The highest BCUT2D eigenvalue weighted by molar-refractivity contribution is 5.94. The van der Waals surface area contributed by atoms with E-state index in [0.717, 1.165) is 11.3 Å². The van der Waals surface area contributed by atoms with Crippen LogP contribution in [0.25, 0.3) is 0 Å². The van der Waals surface area contributed by atoms with Crippen LogP contribution in [-0.4, -0.2) is 27.1 Å². The van der Waals surface area contributed by atoms with Crippen LogP contribution in [0.3, 0.4) is 0 Å². The molecule has 0 fully saturated rings. The number of ether oxygens (including phenoxy) is 1. The Morgan fingerprint density at radius 3 is 2.67 bits per heavy atom. The third kappa shape index (κ3) is 4.84. The Kier molecular flexibility index (Phi) is 6.81. The molecular formula is C23H23FN4O2. The topological polar surface area (TPSA) is 71.2 Å². The van der Waals surface area contributed by atoms with Crippen LogP contribution in [0.4, 0.5) is 4.39 Å². The van der Waals surface area contributed by atoms with E-state index in [1.807, 2.05) is 36.7 Å². The van der Waals surface area contributed by atoms with Gasteiger partial charge in [0.1, 0.15) is 12.4 Å². The van der Waals surface area contributed by atoms with Crippen LogP contribution in [0, 0.1) is 17.1 Å². The van der Waals surface area contributed by atoms with Crippen molar-refractivity contribution >= 4 is 5.91 Å². The largest absolute Gasteiger partial charge is 0.472 e. The second-order valence-electron chi connectivity index (χ2n) is 6.53. The molecular weight excluding hydrogens is 383 g/mol. The first-order valence-electron chi connectivity index (χ1n) is 9.86. The fourth-order valence-electron chi connectivity index (χ4n) is 3.15. The van der Waals surface area contributed by atoms with Gasteiger partial charge in [0, 0.05) is 18.2 Å². The number of nitrogens with zero attached hydrogens (tertiary/aromatic N) is 4.